The molecule has 2 heterocycles. The van der Waals surface area contributed by atoms with E-state index in [0.717, 1.165) is 17.8 Å². The van der Waals surface area contributed by atoms with Gasteiger partial charge in [-0.15, -0.1) is 0 Å². The molecule has 0 saturated heterocycles. The van der Waals surface area contributed by atoms with Gasteiger partial charge < -0.3 is 14.4 Å². The van der Waals surface area contributed by atoms with E-state index in [2.05, 4.69) is 4.98 Å². The Morgan fingerprint density at radius 1 is 1.08 bits per heavy atom. The number of amides is 1. The van der Waals surface area contributed by atoms with Gasteiger partial charge in [0.2, 0.25) is 5.91 Å². The van der Waals surface area contributed by atoms with E-state index >= 15 is 0 Å². The standard InChI is InChI=1S/C19H21N3O2/c23-13-12-21(11-9-16-6-2-1-3-7-16)19(24)14-17-15-22-10-5-4-8-18(22)20-17/h1-8,10,15,23H,9,11-14H2. The van der Waals surface area contributed by atoms with Gasteiger partial charge in [-0.3, -0.25) is 4.79 Å². The Bertz CT molecular complexity index is 765. The van der Waals surface area contributed by atoms with E-state index in [4.69, 9.17) is 0 Å². The van der Waals surface area contributed by atoms with Gasteiger partial charge in [0.1, 0.15) is 5.65 Å². The number of aromatic nitrogens is 2. The number of carbonyl (C=O) groups is 1. The highest BCUT2D eigenvalue weighted by Crippen LogP contribution is 2.08. The summed E-state index contributed by atoms with van der Waals surface area (Å²) in [5.41, 5.74) is 2.76. The first kappa shape index (κ1) is 16.2. The molecule has 0 aliphatic heterocycles. The van der Waals surface area contributed by atoms with Crippen LogP contribution in [-0.2, 0) is 17.6 Å². The van der Waals surface area contributed by atoms with Gasteiger partial charge in [-0.2, -0.15) is 0 Å². The van der Waals surface area contributed by atoms with E-state index in [9.17, 15) is 9.90 Å². The molecule has 0 bridgehead atoms. The summed E-state index contributed by atoms with van der Waals surface area (Å²) in [5.74, 6) is -0.0108. The topological polar surface area (TPSA) is 57.8 Å². The molecule has 0 aliphatic carbocycles. The van der Waals surface area contributed by atoms with Gasteiger partial charge in [-0.1, -0.05) is 36.4 Å². The van der Waals surface area contributed by atoms with E-state index in [-0.39, 0.29) is 18.9 Å². The van der Waals surface area contributed by atoms with Crippen LogP contribution in [0.3, 0.4) is 0 Å². The molecule has 3 rings (SSSR count). The summed E-state index contributed by atoms with van der Waals surface area (Å²) in [4.78, 5) is 18.7. The van der Waals surface area contributed by atoms with Gasteiger partial charge in [0.25, 0.3) is 0 Å². The lowest BCUT2D eigenvalue weighted by Crippen LogP contribution is -2.36. The maximum Gasteiger partial charge on any atom is 0.228 e. The maximum atomic E-state index is 12.6. The third-order valence-corrected chi connectivity index (χ3v) is 3.98. The minimum atomic E-state index is -0.0360. The van der Waals surface area contributed by atoms with Crippen LogP contribution in [0.1, 0.15) is 11.3 Å². The van der Waals surface area contributed by atoms with Crippen molar-refractivity contribution in [3.8, 4) is 0 Å². The number of hydrogen-bond acceptors (Lipinski definition) is 3. The number of nitrogens with zero attached hydrogens (tertiary/aromatic N) is 3. The van der Waals surface area contributed by atoms with Crippen molar-refractivity contribution in [3.63, 3.8) is 0 Å². The number of carbonyl (C=O) groups excluding carboxylic acids is 1. The van der Waals surface area contributed by atoms with Gasteiger partial charge in [-0.05, 0) is 24.1 Å². The van der Waals surface area contributed by atoms with Crippen LogP contribution in [0, 0.1) is 0 Å². The van der Waals surface area contributed by atoms with Crippen molar-refractivity contribution in [2.75, 3.05) is 19.7 Å². The fourth-order valence-electron chi connectivity index (χ4n) is 2.73. The molecule has 0 radical (unpaired) electrons. The summed E-state index contributed by atoms with van der Waals surface area (Å²) in [6.45, 7) is 0.904. The molecule has 3 aromatic rings. The van der Waals surface area contributed by atoms with Crippen LogP contribution in [-0.4, -0.2) is 45.0 Å². The van der Waals surface area contributed by atoms with Crippen molar-refractivity contribution < 1.29 is 9.90 Å². The van der Waals surface area contributed by atoms with E-state index in [1.807, 2.05) is 65.3 Å². The fraction of sp³-hybridized carbons (Fsp3) is 0.263. The van der Waals surface area contributed by atoms with Crippen molar-refractivity contribution >= 4 is 11.6 Å². The number of aliphatic hydroxyl groups is 1. The zero-order valence-corrected chi connectivity index (χ0v) is 13.5. The number of benzene rings is 1. The second-order valence-electron chi connectivity index (χ2n) is 5.72. The van der Waals surface area contributed by atoms with Crippen LogP contribution >= 0.6 is 0 Å². The predicted molar refractivity (Wildman–Crippen MR) is 92.7 cm³/mol. The predicted octanol–water partition coefficient (Wildman–Crippen LogP) is 1.94. The number of rotatable bonds is 7. The van der Waals surface area contributed by atoms with Crippen molar-refractivity contribution in [1.29, 1.82) is 0 Å². The Labute approximate surface area is 141 Å². The Hall–Kier alpha value is -2.66. The summed E-state index contributed by atoms with van der Waals surface area (Å²) in [7, 11) is 0. The minimum Gasteiger partial charge on any atom is -0.395 e. The van der Waals surface area contributed by atoms with Gasteiger partial charge in [0.05, 0.1) is 18.7 Å². The van der Waals surface area contributed by atoms with Crippen molar-refractivity contribution in [2.45, 2.75) is 12.8 Å². The summed E-state index contributed by atoms with van der Waals surface area (Å²) in [5, 5.41) is 9.25. The molecule has 0 fully saturated rings. The molecule has 5 heteroatoms. The highest BCUT2D eigenvalue weighted by atomic mass is 16.3. The van der Waals surface area contributed by atoms with E-state index < -0.39 is 0 Å². The SMILES string of the molecule is O=C(Cc1cn2ccccc2n1)N(CCO)CCc1ccccc1. The number of hydrogen-bond donors (Lipinski definition) is 1. The molecule has 1 N–H and O–H groups in total. The van der Waals surface area contributed by atoms with Crippen molar-refractivity contribution in [3.05, 3.63) is 72.2 Å². The molecule has 1 amide bonds. The monoisotopic (exact) mass is 323 g/mol. The number of aliphatic hydroxyl groups excluding tert-OH is 1. The van der Waals surface area contributed by atoms with Crippen LogP contribution in [0.25, 0.3) is 5.65 Å². The lowest BCUT2D eigenvalue weighted by molar-refractivity contribution is -0.131. The first-order chi connectivity index (χ1) is 11.8. The highest BCUT2D eigenvalue weighted by molar-refractivity contribution is 5.78. The Kier molecular flexibility index (Phi) is 5.23. The van der Waals surface area contributed by atoms with Crippen LogP contribution in [0.5, 0.6) is 0 Å². The smallest absolute Gasteiger partial charge is 0.228 e. The molecule has 0 aliphatic rings. The molecule has 5 nitrogen and oxygen atoms in total. The molecular formula is C19H21N3O2. The minimum absolute atomic E-state index is 0.0108. The molecule has 0 unspecified atom stereocenters. The normalized spacial score (nSPS) is 10.9. The Balaban J connectivity index is 1.65. The van der Waals surface area contributed by atoms with E-state index in [1.165, 1.54) is 5.56 Å². The summed E-state index contributed by atoms with van der Waals surface area (Å²) >= 11 is 0. The summed E-state index contributed by atoms with van der Waals surface area (Å²) in [6, 6.07) is 15.8. The lowest BCUT2D eigenvalue weighted by atomic mass is 10.1. The van der Waals surface area contributed by atoms with Gasteiger partial charge in [0, 0.05) is 25.5 Å². The molecular weight excluding hydrogens is 302 g/mol. The van der Waals surface area contributed by atoms with Crippen molar-refractivity contribution in [1.82, 2.24) is 14.3 Å². The van der Waals surface area contributed by atoms with E-state index in [0.29, 0.717) is 13.1 Å². The fourth-order valence-corrected chi connectivity index (χ4v) is 2.73. The zero-order chi connectivity index (χ0) is 16.8. The second-order valence-corrected chi connectivity index (χ2v) is 5.72. The first-order valence-electron chi connectivity index (χ1n) is 8.11. The van der Waals surface area contributed by atoms with Crippen LogP contribution in [0.2, 0.25) is 0 Å². The lowest BCUT2D eigenvalue weighted by Gasteiger charge is -2.21. The molecule has 124 valence electrons. The first-order valence-corrected chi connectivity index (χ1v) is 8.11. The number of fused-ring (bicyclic) bond motifs is 1. The van der Waals surface area contributed by atoms with Crippen LogP contribution in [0.15, 0.2) is 60.9 Å². The quantitative estimate of drug-likeness (QED) is 0.723. The average Bonchev–Trinajstić information content (AvgIpc) is 3.01. The maximum absolute atomic E-state index is 12.6. The highest BCUT2D eigenvalue weighted by Gasteiger charge is 2.15. The zero-order valence-electron chi connectivity index (χ0n) is 13.5. The molecule has 0 atom stereocenters. The van der Waals surface area contributed by atoms with Crippen molar-refractivity contribution in [2.24, 2.45) is 0 Å². The van der Waals surface area contributed by atoms with Gasteiger partial charge in [0.15, 0.2) is 0 Å². The number of pyridine rings is 1. The van der Waals surface area contributed by atoms with Gasteiger partial charge in [-0.25, -0.2) is 4.98 Å². The second kappa shape index (κ2) is 7.75. The molecule has 24 heavy (non-hydrogen) atoms. The molecule has 2 aromatic heterocycles. The Morgan fingerprint density at radius 3 is 2.62 bits per heavy atom. The summed E-state index contributed by atoms with van der Waals surface area (Å²) < 4.78 is 1.91. The number of imidazole rings is 1. The Morgan fingerprint density at radius 2 is 1.88 bits per heavy atom. The largest absolute Gasteiger partial charge is 0.395 e. The van der Waals surface area contributed by atoms with Gasteiger partial charge >= 0.3 is 0 Å². The third kappa shape index (κ3) is 4.00. The third-order valence-electron chi connectivity index (χ3n) is 3.98. The molecule has 0 saturated carbocycles. The summed E-state index contributed by atoms with van der Waals surface area (Å²) in [6.07, 6.45) is 4.81. The molecule has 1 aromatic carbocycles. The van der Waals surface area contributed by atoms with E-state index in [1.54, 1.807) is 4.90 Å². The van der Waals surface area contributed by atoms with Crippen LogP contribution in [0.4, 0.5) is 0 Å². The molecule has 0 spiro atoms. The van der Waals surface area contributed by atoms with Crippen LogP contribution < -0.4 is 0 Å². The average molecular weight is 323 g/mol.